The van der Waals surface area contributed by atoms with Gasteiger partial charge in [0.15, 0.2) is 6.23 Å². The number of oxime groups is 1. The van der Waals surface area contributed by atoms with Gasteiger partial charge in [0.1, 0.15) is 5.75 Å². The van der Waals surface area contributed by atoms with E-state index in [-0.39, 0.29) is 12.1 Å². The molecule has 2 aliphatic heterocycles. The Kier molecular flexibility index (Phi) is 4.22. The first kappa shape index (κ1) is 16.2. The molecule has 0 radical (unpaired) electrons. The lowest BCUT2D eigenvalue weighted by Crippen LogP contribution is -2.46. The van der Waals surface area contributed by atoms with Crippen molar-refractivity contribution < 1.29 is 9.57 Å². The van der Waals surface area contributed by atoms with Crippen molar-refractivity contribution >= 4 is 5.71 Å². The summed E-state index contributed by atoms with van der Waals surface area (Å²) in [6.45, 7) is 5.38. The van der Waals surface area contributed by atoms with Gasteiger partial charge in [-0.1, -0.05) is 43.3 Å². The highest BCUT2D eigenvalue weighted by Gasteiger charge is 2.47. The SMILES string of the molecule is CC[C@H]1c2ccccc2[C@@H]2C(c3ccc(OC)cc3)=NO[C@@H]2N1CC. The molecule has 0 aromatic heterocycles. The van der Waals surface area contributed by atoms with Crippen LogP contribution in [0.3, 0.4) is 0 Å². The van der Waals surface area contributed by atoms with Crippen LogP contribution in [0.15, 0.2) is 53.7 Å². The van der Waals surface area contributed by atoms with Crippen molar-refractivity contribution in [1.29, 1.82) is 0 Å². The van der Waals surface area contributed by atoms with Crippen LogP contribution in [0.2, 0.25) is 0 Å². The number of ether oxygens (including phenoxy) is 1. The number of nitrogens with zero attached hydrogens (tertiary/aromatic N) is 2. The Morgan fingerprint density at radius 3 is 2.40 bits per heavy atom. The Balaban J connectivity index is 1.79. The van der Waals surface area contributed by atoms with Crippen LogP contribution < -0.4 is 4.74 Å². The van der Waals surface area contributed by atoms with Gasteiger partial charge in [0.2, 0.25) is 0 Å². The molecule has 2 aliphatic rings. The van der Waals surface area contributed by atoms with E-state index in [4.69, 9.17) is 9.57 Å². The van der Waals surface area contributed by atoms with E-state index in [1.54, 1.807) is 7.11 Å². The zero-order valence-electron chi connectivity index (χ0n) is 15.0. The van der Waals surface area contributed by atoms with E-state index in [2.05, 4.69) is 60.3 Å². The zero-order chi connectivity index (χ0) is 17.4. The van der Waals surface area contributed by atoms with Gasteiger partial charge in [-0.05, 0) is 48.4 Å². The maximum atomic E-state index is 5.96. The highest BCUT2D eigenvalue weighted by atomic mass is 16.7. The average Bonchev–Trinajstić information content (AvgIpc) is 3.12. The molecule has 130 valence electrons. The summed E-state index contributed by atoms with van der Waals surface area (Å²) in [6.07, 6.45) is 1.04. The largest absolute Gasteiger partial charge is 0.497 e. The highest BCUT2D eigenvalue weighted by Crippen LogP contribution is 2.46. The van der Waals surface area contributed by atoms with Crippen LogP contribution in [-0.4, -0.2) is 30.5 Å². The minimum absolute atomic E-state index is 0.0260. The van der Waals surface area contributed by atoms with E-state index in [1.807, 2.05) is 12.1 Å². The molecule has 0 saturated carbocycles. The topological polar surface area (TPSA) is 34.1 Å². The van der Waals surface area contributed by atoms with Gasteiger partial charge < -0.3 is 9.57 Å². The molecule has 0 fully saturated rings. The molecule has 3 atom stereocenters. The molecule has 0 spiro atoms. The van der Waals surface area contributed by atoms with Crippen molar-refractivity contribution in [1.82, 2.24) is 4.90 Å². The molecule has 4 heteroatoms. The van der Waals surface area contributed by atoms with Gasteiger partial charge in [-0.2, -0.15) is 0 Å². The summed E-state index contributed by atoms with van der Waals surface area (Å²) >= 11 is 0. The summed E-state index contributed by atoms with van der Waals surface area (Å²) in [5, 5.41) is 4.51. The van der Waals surface area contributed by atoms with Crippen LogP contribution in [0.5, 0.6) is 5.75 Å². The zero-order valence-corrected chi connectivity index (χ0v) is 15.0. The smallest absolute Gasteiger partial charge is 0.194 e. The maximum absolute atomic E-state index is 5.96. The second-order valence-electron chi connectivity index (χ2n) is 6.56. The molecule has 2 aromatic carbocycles. The van der Waals surface area contributed by atoms with Crippen molar-refractivity contribution in [3.8, 4) is 5.75 Å². The van der Waals surface area contributed by atoms with Crippen LogP contribution in [0, 0.1) is 0 Å². The Bertz CT molecular complexity index is 785. The second-order valence-corrected chi connectivity index (χ2v) is 6.56. The van der Waals surface area contributed by atoms with Gasteiger partial charge in [0.25, 0.3) is 0 Å². The summed E-state index contributed by atoms with van der Waals surface area (Å²) in [5.74, 6) is 0.998. The van der Waals surface area contributed by atoms with E-state index >= 15 is 0 Å². The Morgan fingerprint density at radius 1 is 1.04 bits per heavy atom. The first-order chi connectivity index (χ1) is 12.3. The van der Waals surface area contributed by atoms with Crippen molar-refractivity contribution in [3.63, 3.8) is 0 Å². The minimum atomic E-state index is -0.0260. The molecule has 0 N–H and O–H groups in total. The number of fused-ring (bicyclic) bond motifs is 3. The lowest BCUT2D eigenvalue weighted by atomic mass is 9.79. The molecule has 4 nitrogen and oxygen atoms in total. The first-order valence-corrected chi connectivity index (χ1v) is 9.01. The lowest BCUT2D eigenvalue weighted by molar-refractivity contribution is -0.0742. The van der Waals surface area contributed by atoms with E-state index < -0.39 is 0 Å². The van der Waals surface area contributed by atoms with Crippen molar-refractivity contribution in [3.05, 3.63) is 65.2 Å². The number of rotatable bonds is 4. The summed E-state index contributed by atoms with van der Waals surface area (Å²) in [6, 6.07) is 17.2. The van der Waals surface area contributed by atoms with E-state index in [0.29, 0.717) is 6.04 Å². The summed E-state index contributed by atoms with van der Waals surface area (Å²) < 4.78 is 5.28. The standard InChI is InChI=1S/C21H24N2O2/c1-4-18-16-8-6-7-9-17(16)19-20(22-25-21(19)23(18)5-2)14-10-12-15(24-3)13-11-14/h6-13,18-19,21H,4-5H2,1-3H3/t18-,19+,21-/m0/s1. The van der Waals surface area contributed by atoms with Gasteiger partial charge in [-0.15, -0.1) is 0 Å². The molecular formula is C21H24N2O2. The van der Waals surface area contributed by atoms with Gasteiger partial charge in [0.05, 0.1) is 18.7 Å². The molecule has 0 bridgehead atoms. The van der Waals surface area contributed by atoms with Crippen LogP contribution in [0.4, 0.5) is 0 Å². The Hall–Kier alpha value is -2.33. The fraction of sp³-hybridized carbons (Fsp3) is 0.381. The second kappa shape index (κ2) is 6.52. The quantitative estimate of drug-likeness (QED) is 0.833. The van der Waals surface area contributed by atoms with E-state index in [1.165, 1.54) is 11.1 Å². The van der Waals surface area contributed by atoms with Crippen molar-refractivity contribution in [2.45, 2.75) is 38.5 Å². The number of hydrogen-bond donors (Lipinski definition) is 0. The lowest BCUT2D eigenvalue weighted by Gasteiger charge is -2.42. The number of benzene rings is 2. The van der Waals surface area contributed by atoms with E-state index in [9.17, 15) is 0 Å². The van der Waals surface area contributed by atoms with Crippen molar-refractivity contribution in [2.75, 3.05) is 13.7 Å². The number of methoxy groups -OCH3 is 1. The predicted molar refractivity (Wildman–Crippen MR) is 99.0 cm³/mol. The third-order valence-electron chi connectivity index (χ3n) is 5.39. The molecule has 0 saturated heterocycles. The molecule has 0 unspecified atom stereocenters. The summed E-state index contributed by atoms with van der Waals surface area (Å²) in [7, 11) is 1.68. The molecule has 4 rings (SSSR count). The third kappa shape index (κ3) is 2.52. The maximum Gasteiger partial charge on any atom is 0.194 e. The van der Waals surface area contributed by atoms with Gasteiger partial charge in [-0.25, -0.2) is 0 Å². The van der Waals surface area contributed by atoms with Crippen LogP contribution >= 0.6 is 0 Å². The third-order valence-corrected chi connectivity index (χ3v) is 5.39. The summed E-state index contributed by atoms with van der Waals surface area (Å²) in [5.41, 5.74) is 4.85. The number of likely N-dealkylation sites (N-methyl/N-ethyl adjacent to an activating group) is 1. The minimum Gasteiger partial charge on any atom is -0.497 e. The molecular weight excluding hydrogens is 312 g/mol. The number of hydrogen-bond acceptors (Lipinski definition) is 4. The fourth-order valence-electron chi connectivity index (χ4n) is 4.22. The molecule has 0 amide bonds. The van der Waals surface area contributed by atoms with Gasteiger partial charge in [-0.3, -0.25) is 4.90 Å². The molecule has 2 heterocycles. The highest BCUT2D eigenvalue weighted by molar-refractivity contribution is 6.06. The first-order valence-electron chi connectivity index (χ1n) is 9.01. The van der Waals surface area contributed by atoms with Crippen LogP contribution in [-0.2, 0) is 4.84 Å². The van der Waals surface area contributed by atoms with Gasteiger partial charge in [0, 0.05) is 11.6 Å². The van der Waals surface area contributed by atoms with Crippen LogP contribution in [0.25, 0.3) is 0 Å². The Morgan fingerprint density at radius 2 is 1.76 bits per heavy atom. The van der Waals surface area contributed by atoms with Gasteiger partial charge >= 0.3 is 0 Å². The molecule has 2 aromatic rings. The predicted octanol–water partition coefficient (Wildman–Crippen LogP) is 4.33. The fourth-order valence-corrected chi connectivity index (χ4v) is 4.22. The normalized spacial score (nSPS) is 24.9. The van der Waals surface area contributed by atoms with Crippen LogP contribution in [0.1, 0.15) is 48.9 Å². The molecule has 0 aliphatic carbocycles. The average molecular weight is 336 g/mol. The molecule has 25 heavy (non-hydrogen) atoms. The summed E-state index contributed by atoms with van der Waals surface area (Å²) in [4.78, 5) is 8.39. The monoisotopic (exact) mass is 336 g/mol. The Labute approximate surface area is 149 Å². The van der Waals surface area contributed by atoms with E-state index in [0.717, 1.165) is 30.0 Å². The van der Waals surface area contributed by atoms with Crippen molar-refractivity contribution in [2.24, 2.45) is 5.16 Å².